The molecule has 0 fully saturated rings. The van der Waals surface area contributed by atoms with Gasteiger partial charge in [0, 0.05) is 30.5 Å². The van der Waals surface area contributed by atoms with Crippen LogP contribution in [0.15, 0.2) is 48.5 Å². The van der Waals surface area contributed by atoms with E-state index in [1.807, 2.05) is 78.9 Å². The molecule has 0 unspecified atom stereocenters. The van der Waals surface area contributed by atoms with Gasteiger partial charge in [0.15, 0.2) is 11.5 Å². The maximum absolute atomic E-state index is 13.3. The molecule has 4 rings (SSSR count). The first-order valence-electron chi connectivity index (χ1n) is 9.28. The first kappa shape index (κ1) is 17.5. The number of fused-ring (bicyclic) bond motifs is 2. The van der Waals surface area contributed by atoms with Gasteiger partial charge in [-0.25, -0.2) is 0 Å². The highest BCUT2D eigenvalue weighted by Gasteiger charge is 2.23. The van der Waals surface area contributed by atoms with Crippen LogP contribution in [0.1, 0.15) is 29.9 Å². The first-order valence-corrected chi connectivity index (χ1v) is 9.28. The van der Waals surface area contributed by atoms with Gasteiger partial charge in [0.1, 0.15) is 18.9 Å². The highest BCUT2D eigenvalue weighted by molar-refractivity contribution is 5.98. The van der Waals surface area contributed by atoms with Crippen molar-refractivity contribution in [3.63, 3.8) is 0 Å². The Morgan fingerprint density at radius 1 is 1.07 bits per heavy atom. The number of hydrogen-bond acceptors (Lipinski definition) is 3. The van der Waals surface area contributed by atoms with Crippen molar-refractivity contribution in [1.82, 2.24) is 9.47 Å². The van der Waals surface area contributed by atoms with Crippen LogP contribution in [0.4, 0.5) is 0 Å². The van der Waals surface area contributed by atoms with Gasteiger partial charge in [0.05, 0.1) is 0 Å². The third-order valence-electron chi connectivity index (χ3n) is 5.01. The van der Waals surface area contributed by atoms with Gasteiger partial charge in [-0.1, -0.05) is 24.3 Å². The molecule has 3 aromatic rings. The summed E-state index contributed by atoms with van der Waals surface area (Å²) in [5, 5.41) is 1.08. The smallest absolute Gasteiger partial charge is 0.271 e. The predicted octanol–water partition coefficient (Wildman–Crippen LogP) is 4.00. The van der Waals surface area contributed by atoms with Gasteiger partial charge in [-0.2, -0.15) is 0 Å². The molecule has 1 amide bonds. The van der Waals surface area contributed by atoms with Crippen LogP contribution < -0.4 is 9.47 Å². The molecule has 140 valence electrons. The van der Waals surface area contributed by atoms with Crippen molar-refractivity contribution in [3.05, 3.63) is 59.8 Å². The van der Waals surface area contributed by atoms with E-state index in [4.69, 9.17) is 9.47 Å². The summed E-state index contributed by atoms with van der Waals surface area (Å²) in [6, 6.07) is 16.0. The second-order valence-corrected chi connectivity index (χ2v) is 7.15. The van der Waals surface area contributed by atoms with E-state index in [9.17, 15) is 4.79 Å². The summed E-state index contributed by atoms with van der Waals surface area (Å²) in [5.41, 5.74) is 2.78. The van der Waals surface area contributed by atoms with E-state index in [0.717, 1.165) is 28.0 Å². The number of carbonyl (C=O) groups excluding carboxylic acids is 1. The summed E-state index contributed by atoms with van der Waals surface area (Å²) in [6.07, 6.45) is 0. The number of nitrogens with zero attached hydrogens (tertiary/aromatic N) is 2. The minimum Gasteiger partial charge on any atom is -0.486 e. The number of ether oxygens (including phenoxy) is 2. The molecule has 2 aromatic carbocycles. The fourth-order valence-corrected chi connectivity index (χ4v) is 3.51. The first-order chi connectivity index (χ1) is 13.0. The van der Waals surface area contributed by atoms with Crippen molar-refractivity contribution >= 4 is 16.8 Å². The highest BCUT2D eigenvalue weighted by atomic mass is 16.6. The number of para-hydroxylation sites is 1. The van der Waals surface area contributed by atoms with Gasteiger partial charge < -0.3 is 18.9 Å². The molecule has 27 heavy (non-hydrogen) atoms. The van der Waals surface area contributed by atoms with Crippen LogP contribution in [-0.2, 0) is 13.6 Å². The average Bonchev–Trinajstić information content (AvgIpc) is 3.02. The van der Waals surface area contributed by atoms with E-state index < -0.39 is 0 Å². The minimum atomic E-state index is 0.0265. The zero-order valence-electron chi connectivity index (χ0n) is 15.9. The Morgan fingerprint density at radius 2 is 1.81 bits per heavy atom. The molecule has 1 aliphatic heterocycles. The van der Waals surface area contributed by atoms with Crippen LogP contribution in [0.2, 0.25) is 0 Å². The third-order valence-corrected chi connectivity index (χ3v) is 5.01. The maximum atomic E-state index is 13.3. The molecule has 0 atom stereocenters. The summed E-state index contributed by atoms with van der Waals surface area (Å²) < 4.78 is 13.2. The van der Waals surface area contributed by atoms with Crippen LogP contribution in [-0.4, -0.2) is 34.6 Å². The van der Waals surface area contributed by atoms with Crippen LogP contribution in [0, 0.1) is 0 Å². The average molecular weight is 364 g/mol. The largest absolute Gasteiger partial charge is 0.486 e. The lowest BCUT2D eigenvalue weighted by molar-refractivity contribution is 0.0680. The number of hydrogen-bond donors (Lipinski definition) is 0. The molecule has 2 heterocycles. The lowest BCUT2D eigenvalue weighted by atomic mass is 10.1. The van der Waals surface area contributed by atoms with Crippen molar-refractivity contribution in [2.45, 2.75) is 26.4 Å². The van der Waals surface area contributed by atoms with Gasteiger partial charge in [-0.05, 0) is 43.7 Å². The monoisotopic (exact) mass is 364 g/mol. The zero-order chi connectivity index (χ0) is 19.0. The number of amides is 1. The number of rotatable bonds is 4. The molecule has 5 heteroatoms. The normalized spacial score (nSPS) is 13.2. The van der Waals surface area contributed by atoms with E-state index in [0.29, 0.717) is 25.5 Å². The van der Waals surface area contributed by atoms with Crippen LogP contribution >= 0.6 is 0 Å². The van der Waals surface area contributed by atoms with E-state index in [1.165, 1.54) is 0 Å². The second kappa shape index (κ2) is 6.99. The molecule has 5 nitrogen and oxygen atoms in total. The third kappa shape index (κ3) is 3.25. The molecule has 0 radical (unpaired) electrons. The minimum absolute atomic E-state index is 0.0265. The van der Waals surface area contributed by atoms with Crippen molar-refractivity contribution in [2.75, 3.05) is 13.2 Å². The van der Waals surface area contributed by atoms with E-state index in [2.05, 4.69) is 0 Å². The summed E-state index contributed by atoms with van der Waals surface area (Å²) in [5.74, 6) is 1.54. The molecule has 0 saturated heterocycles. The topological polar surface area (TPSA) is 43.7 Å². The Balaban J connectivity index is 1.64. The summed E-state index contributed by atoms with van der Waals surface area (Å²) in [6.45, 7) is 5.73. The standard InChI is InChI=1S/C22H24N2O3/c1-15(2)24(14-16-8-9-20-21(12-16)27-11-10-26-20)22(25)19-13-17-6-4-5-7-18(17)23(19)3/h4-9,12-13,15H,10-11,14H2,1-3H3. The van der Waals surface area contributed by atoms with Gasteiger partial charge in [0.25, 0.3) is 5.91 Å². The number of aryl methyl sites for hydroxylation is 1. The van der Waals surface area contributed by atoms with E-state index in [-0.39, 0.29) is 11.9 Å². The van der Waals surface area contributed by atoms with Crippen LogP contribution in [0.25, 0.3) is 10.9 Å². The SMILES string of the molecule is CC(C)N(Cc1ccc2c(c1)OCCO2)C(=O)c1cc2ccccc2n1C. The molecular formula is C22H24N2O3. The molecule has 1 aromatic heterocycles. The highest BCUT2D eigenvalue weighted by Crippen LogP contribution is 2.31. The van der Waals surface area contributed by atoms with Gasteiger partial charge in [0.2, 0.25) is 0 Å². The van der Waals surface area contributed by atoms with Crippen molar-refractivity contribution in [3.8, 4) is 11.5 Å². The summed E-state index contributed by atoms with van der Waals surface area (Å²) >= 11 is 0. The Hall–Kier alpha value is -2.95. The van der Waals surface area contributed by atoms with Crippen molar-refractivity contribution < 1.29 is 14.3 Å². The molecular weight excluding hydrogens is 340 g/mol. The molecule has 0 N–H and O–H groups in total. The molecule has 0 aliphatic carbocycles. The lowest BCUT2D eigenvalue weighted by Gasteiger charge is -2.28. The number of carbonyl (C=O) groups is 1. The van der Waals surface area contributed by atoms with Gasteiger partial charge in [-0.3, -0.25) is 4.79 Å². The van der Waals surface area contributed by atoms with Gasteiger partial charge in [-0.15, -0.1) is 0 Å². The zero-order valence-corrected chi connectivity index (χ0v) is 15.9. The summed E-state index contributed by atoms with van der Waals surface area (Å²) in [7, 11) is 1.94. The van der Waals surface area contributed by atoms with Crippen LogP contribution in [0.3, 0.4) is 0 Å². The maximum Gasteiger partial charge on any atom is 0.271 e. The Labute approximate surface area is 159 Å². The number of aromatic nitrogens is 1. The Bertz CT molecular complexity index is 990. The van der Waals surface area contributed by atoms with E-state index >= 15 is 0 Å². The fraction of sp³-hybridized carbons (Fsp3) is 0.318. The molecule has 0 spiro atoms. The van der Waals surface area contributed by atoms with E-state index in [1.54, 1.807) is 0 Å². The molecule has 0 saturated carbocycles. The second-order valence-electron chi connectivity index (χ2n) is 7.15. The van der Waals surface area contributed by atoms with Crippen molar-refractivity contribution in [1.29, 1.82) is 0 Å². The Kier molecular flexibility index (Phi) is 4.52. The number of benzene rings is 2. The molecule has 1 aliphatic rings. The fourth-order valence-electron chi connectivity index (χ4n) is 3.51. The van der Waals surface area contributed by atoms with Gasteiger partial charge >= 0.3 is 0 Å². The predicted molar refractivity (Wildman–Crippen MR) is 105 cm³/mol. The molecule has 0 bridgehead atoms. The summed E-state index contributed by atoms with van der Waals surface area (Å²) in [4.78, 5) is 15.2. The Morgan fingerprint density at radius 3 is 2.56 bits per heavy atom. The quantitative estimate of drug-likeness (QED) is 0.703. The van der Waals surface area contributed by atoms with Crippen LogP contribution in [0.5, 0.6) is 11.5 Å². The van der Waals surface area contributed by atoms with Crippen molar-refractivity contribution in [2.24, 2.45) is 7.05 Å². The lowest BCUT2D eigenvalue weighted by Crippen LogP contribution is -2.37.